The van der Waals surface area contributed by atoms with Crippen molar-refractivity contribution in [1.82, 2.24) is 10.2 Å². The van der Waals surface area contributed by atoms with Crippen LogP contribution in [0.15, 0.2) is 6.20 Å². The van der Waals surface area contributed by atoms with E-state index in [0.29, 0.717) is 0 Å². The monoisotopic (exact) mass is 218 g/mol. The average molecular weight is 218 g/mol. The number of aliphatic hydroxyl groups excluding tert-OH is 2. The zero-order valence-electron chi connectivity index (χ0n) is 7.08. The maximum Gasteiger partial charge on any atom is 0.354 e. The predicted molar refractivity (Wildman–Crippen MR) is 50.4 cm³/mol. The molecule has 2 atom stereocenters. The Morgan fingerprint density at radius 2 is 2.29 bits per heavy atom. The quantitative estimate of drug-likeness (QED) is 0.435. The minimum atomic E-state index is -1.29. The van der Waals surface area contributed by atoms with Gasteiger partial charge in [0.2, 0.25) is 0 Å². The first kappa shape index (κ1) is 11.0. The number of hydrogen-bond acceptors (Lipinski definition) is 5. The molecule has 0 aliphatic rings. The average Bonchev–Trinajstić information content (AvgIpc) is 2.63. The fourth-order valence-corrected chi connectivity index (χ4v) is 1.20. The molecule has 0 aliphatic heterocycles. The van der Waals surface area contributed by atoms with Crippen LogP contribution in [-0.4, -0.2) is 43.3 Å². The lowest BCUT2D eigenvalue weighted by atomic mass is 10.1. The molecule has 1 aromatic rings. The predicted octanol–water partition coefficient (Wildman–Crippen LogP) is -0.568. The largest absolute Gasteiger partial charge is 0.477 e. The number of carboxylic acid groups (broad SMARTS) is 1. The summed E-state index contributed by atoms with van der Waals surface area (Å²) in [5.74, 6) is -1.20. The number of aromatic nitrogens is 2. The van der Waals surface area contributed by atoms with Crippen LogP contribution in [0.25, 0.3) is 0 Å². The number of nitrogens with one attached hydrogen (secondary N) is 1. The van der Waals surface area contributed by atoms with E-state index in [4.69, 9.17) is 5.11 Å². The van der Waals surface area contributed by atoms with Gasteiger partial charge < -0.3 is 15.3 Å². The highest BCUT2D eigenvalue weighted by molar-refractivity contribution is 7.80. The lowest BCUT2D eigenvalue weighted by molar-refractivity contribution is 0.0323. The van der Waals surface area contributed by atoms with E-state index < -0.39 is 18.2 Å². The number of aromatic carboxylic acids is 1. The van der Waals surface area contributed by atoms with Gasteiger partial charge in [-0.1, -0.05) is 0 Å². The van der Waals surface area contributed by atoms with Gasteiger partial charge in [-0.25, -0.2) is 4.79 Å². The lowest BCUT2D eigenvalue weighted by Crippen LogP contribution is -2.21. The van der Waals surface area contributed by atoms with Gasteiger partial charge in [-0.05, 0) is 0 Å². The molecule has 1 rings (SSSR count). The molecule has 0 aliphatic carbocycles. The van der Waals surface area contributed by atoms with Crippen LogP contribution in [0.3, 0.4) is 0 Å². The second kappa shape index (κ2) is 4.45. The van der Waals surface area contributed by atoms with Crippen molar-refractivity contribution in [3.05, 3.63) is 17.5 Å². The van der Waals surface area contributed by atoms with Gasteiger partial charge in [0.1, 0.15) is 11.8 Å². The minimum absolute atomic E-state index is 0.0331. The molecule has 0 amide bonds. The van der Waals surface area contributed by atoms with E-state index in [-0.39, 0.29) is 17.0 Å². The SMILES string of the molecule is O=C(O)c1[nH]ncc1C(O)C(O)CS. The number of nitrogens with zero attached hydrogens (tertiary/aromatic N) is 1. The number of aromatic amines is 1. The number of thiol groups is 1. The van der Waals surface area contributed by atoms with Crippen LogP contribution in [0, 0.1) is 0 Å². The highest BCUT2D eigenvalue weighted by Crippen LogP contribution is 2.19. The first-order chi connectivity index (χ1) is 6.57. The van der Waals surface area contributed by atoms with Crippen LogP contribution in [0.4, 0.5) is 0 Å². The zero-order valence-corrected chi connectivity index (χ0v) is 7.98. The number of rotatable bonds is 4. The van der Waals surface area contributed by atoms with Gasteiger partial charge in [-0.15, -0.1) is 0 Å². The van der Waals surface area contributed by atoms with E-state index in [1.165, 1.54) is 6.20 Å². The fourth-order valence-electron chi connectivity index (χ4n) is 0.998. The summed E-state index contributed by atoms with van der Waals surface area (Å²) in [7, 11) is 0. The smallest absolute Gasteiger partial charge is 0.354 e. The Morgan fingerprint density at radius 3 is 2.79 bits per heavy atom. The van der Waals surface area contributed by atoms with Gasteiger partial charge in [-0.3, -0.25) is 5.10 Å². The molecule has 0 bridgehead atoms. The second-order valence-corrected chi connectivity index (χ2v) is 3.07. The summed E-state index contributed by atoms with van der Waals surface area (Å²) in [5.41, 5.74) is -0.169. The Kier molecular flexibility index (Phi) is 3.50. The second-order valence-electron chi connectivity index (χ2n) is 2.70. The molecule has 0 saturated carbocycles. The van der Waals surface area contributed by atoms with Crippen molar-refractivity contribution >= 4 is 18.6 Å². The topological polar surface area (TPSA) is 106 Å². The summed E-state index contributed by atoms with van der Waals surface area (Å²) in [6.45, 7) is 0. The maximum atomic E-state index is 10.6. The van der Waals surface area contributed by atoms with Gasteiger partial charge in [0.15, 0.2) is 0 Å². The summed E-state index contributed by atoms with van der Waals surface area (Å²) >= 11 is 3.78. The van der Waals surface area contributed by atoms with Crippen LogP contribution >= 0.6 is 12.6 Å². The van der Waals surface area contributed by atoms with Crippen molar-refractivity contribution in [3.63, 3.8) is 0 Å². The molecule has 0 saturated heterocycles. The van der Waals surface area contributed by atoms with Crippen molar-refractivity contribution < 1.29 is 20.1 Å². The van der Waals surface area contributed by atoms with Crippen molar-refractivity contribution in [2.45, 2.75) is 12.2 Å². The third-order valence-electron chi connectivity index (χ3n) is 1.75. The molecule has 4 N–H and O–H groups in total. The van der Waals surface area contributed by atoms with E-state index in [9.17, 15) is 15.0 Å². The van der Waals surface area contributed by atoms with Crippen molar-refractivity contribution in [2.75, 3.05) is 5.75 Å². The number of carboxylic acids is 1. The Morgan fingerprint density at radius 1 is 1.64 bits per heavy atom. The van der Waals surface area contributed by atoms with Crippen molar-refractivity contribution in [1.29, 1.82) is 0 Å². The van der Waals surface area contributed by atoms with Crippen molar-refractivity contribution in [3.8, 4) is 0 Å². The van der Waals surface area contributed by atoms with Crippen LogP contribution in [0.1, 0.15) is 22.2 Å². The Bertz CT molecular complexity index is 327. The number of H-pyrrole nitrogens is 1. The molecule has 0 aromatic carbocycles. The highest BCUT2D eigenvalue weighted by Gasteiger charge is 2.24. The molecular formula is C7H10N2O4S. The molecule has 78 valence electrons. The minimum Gasteiger partial charge on any atom is -0.477 e. The van der Waals surface area contributed by atoms with Crippen LogP contribution in [0.5, 0.6) is 0 Å². The third-order valence-corrected chi connectivity index (χ3v) is 2.13. The Hall–Kier alpha value is -1.05. The van der Waals surface area contributed by atoms with Gasteiger partial charge in [-0.2, -0.15) is 17.7 Å². The Labute approximate surface area is 85.0 Å². The molecule has 0 spiro atoms. The van der Waals surface area contributed by atoms with E-state index in [1.807, 2.05) is 0 Å². The van der Waals surface area contributed by atoms with Gasteiger partial charge in [0.25, 0.3) is 0 Å². The van der Waals surface area contributed by atoms with Crippen molar-refractivity contribution in [2.24, 2.45) is 0 Å². The molecule has 0 radical (unpaired) electrons. The number of aliphatic hydroxyl groups is 2. The third kappa shape index (κ3) is 2.06. The lowest BCUT2D eigenvalue weighted by Gasteiger charge is -2.14. The first-order valence-corrected chi connectivity index (χ1v) is 4.44. The molecule has 1 aromatic heterocycles. The fraction of sp³-hybridized carbons (Fsp3) is 0.429. The molecule has 1 heterocycles. The van der Waals surface area contributed by atoms with Gasteiger partial charge in [0, 0.05) is 11.3 Å². The molecule has 7 heteroatoms. The van der Waals surface area contributed by atoms with E-state index in [0.717, 1.165) is 0 Å². The first-order valence-electron chi connectivity index (χ1n) is 3.81. The number of carbonyl (C=O) groups is 1. The Balaban J connectivity index is 2.94. The standard InChI is InChI=1S/C7H10N2O4S/c10-4(2-14)6(11)3-1-8-9-5(3)7(12)13/h1,4,6,10-11,14H,2H2,(H,8,9)(H,12,13). The zero-order chi connectivity index (χ0) is 10.7. The molecular weight excluding hydrogens is 208 g/mol. The normalized spacial score (nSPS) is 15.1. The number of hydrogen-bond donors (Lipinski definition) is 5. The van der Waals surface area contributed by atoms with E-state index in [1.54, 1.807) is 0 Å². The maximum absolute atomic E-state index is 10.6. The molecule has 2 unspecified atom stereocenters. The summed E-state index contributed by atoms with van der Waals surface area (Å²) in [5, 5.41) is 33.1. The van der Waals surface area contributed by atoms with Crippen LogP contribution in [-0.2, 0) is 0 Å². The molecule has 14 heavy (non-hydrogen) atoms. The van der Waals surface area contributed by atoms with Gasteiger partial charge in [0.05, 0.1) is 12.3 Å². The molecule has 0 fully saturated rings. The highest BCUT2D eigenvalue weighted by atomic mass is 32.1. The van der Waals surface area contributed by atoms with Crippen LogP contribution < -0.4 is 0 Å². The summed E-state index contributed by atoms with van der Waals surface area (Å²) < 4.78 is 0. The summed E-state index contributed by atoms with van der Waals surface area (Å²) in [6, 6.07) is 0. The summed E-state index contributed by atoms with van der Waals surface area (Å²) in [4.78, 5) is 10.6. The van der Waals surface area contributed by atoms with Crippen LogP contribution in [0.2, 0.25) is 0 Å². The summed E-state index contributed by atoms with van der Waals surface area (Å²) in [6.07, 6.45) is -1.24. The van der Waals surface area contributed by atoms with E-state index in [2.05, 4.69) is 22.8 Å². The van der Waals surface area contributed by atoms with Gasteiger partial charge >= 0.3 is 5.97 Å². The molecule has 6 nitrogen and oxygen atoms in total. The van der Waals surface area contributed by atoms with E-state index >= 15 is 0 Å².